The molecule has 2 atom stereocenters. The van der Waals surface area contributed by atoms with Crippen LogP contribution in [0.3, 0.4) is 0 Å². The molecule has 4 rings (SSSR count). The van der Waals surface area contributed by atoms with Crippen molar-refractivity contribution in [1.82, 2.24) is 14.9 Å². The zero-order valence-electron chi connectivity index (χ0n) is 17.2. The number of ether oxygens (including phenoxy) is 1. The second-order valence-corrected chi connectivity index (χ2v) is 8.00. The predicted octanol–water partition coefficient (Wildman–Crippen LogP) is 3.85. The van der Waals surface area contributed by atoms with Gasteiger partial charge in [0.05, 0.1) is 19.1 Å². The topological polar surface area (TPSA) is 58.6 Å². The fourth-order valence-electron chi connectivity index (χ4n) is 4.59. The third-order valence-electron chi connectivity index (χ3n) is 6.14. The first kappa shape index (κ1) is 19.7. The van der Waals surface area contributed by atoms with Gasteiger partial charge in [0.1, 0.15) is 5.75 Å². The van der Waals surface area contributed by atoms with Crippen molar-refractivity contribution in [1.29, 1.82) is 0 Å². The van der Waals surface area contributed by atoms with Gasteiger partial charge in [-0.25, -0.2) is 9.97 Å². The summed E-state index contributed by atoms with van der Waals surface area (Å²) in [5.41, 5.74) is 1.21. The number of piperidine rings is 1. The van der Waals surface area contributed by atoms with Crippen molar-refractivity contribution in [3.8, 4) is 5.75 Å². The molecule has 6 nitrogen and oxygen atoms in total. The van der Waals surface area contributed by atoms with Crippen molar-refractivity contribution >= 4 is 11.9 Å². The molecule has 1 aromatic carbocycles. The smallest absolute Gasteiger partial charge is 0.227 e. The van der Waals surface area contributed by atoms with Gasteiger partial charge in [0, 0.05) is 32.0 Å². The number of likely N-dealkylation sites (tertiary alicyclic amines) is 1. The summed E-state index contributed by atoms with van der Waals surface area (Å²) in [5, 5.41) is 0. The molecule has 6 heteroatoms. The van der Waals surface area contributed by atoms with Gasteiger partial charge >= 0.3 is 0 Å². The lowest BCUT2D eigenvalue weighted by molar-refractivity contribution is -0.138. The van der Waals surface area contributed by atoms with Gasteiger partial charge in [0.25, 0.3) is 0 Å². The quantitative estimate of drug-likeness (QED) is 0.788. The predicted molar refractivity (Wildman–Crippen MR) is 113 cm³/mol. The van der Waals surface area contributed by atoms with E-state index in [1.165, 1.54) is 12.0 Å². The van der Waals surface area contributed by atoms with Gasteiger partial charge in [0.15, 0.2) is 0 Å². The number of anilines is 1. The van der Waals surface area contributed by atoms with Crippen LogP contribution in [0.4, 0.5) is 5.95 Å². The van der Waals surface area contributed by atoms with Gasteiger partial charge in [-0.3, -0.25) is 4.79 Å². The Balaban J connectivity index is 1.52. The maximum absolute atomic E-state index is 13.6. The Morgan fingerprint density at radius 3 is 2.55 bits per heavy atom. The lowest BCUT2D eigenvalue weighted by Gasteiger charge is -2.37. The van der Waals surface area contributed by atoms with E-state index in [1.807, 2.05) is 18.2 Å². The Morgan fingerprint density at radius 1 is 1.00 bits per heavy atom. The number of methoxy groups -OCH3 is 1. The van der Waals surface area contributed by atoms with E-state index in [0.717, 1.165) is 56.9 Å². The molecule has 0 spiro atoms. The molecule has 154 valence electrons. The summed E-state index contributed by atoms with van der Waals surface area (Å²) in [6.45, 7) is 2.46. The number of carbonyl (C=O) groups excluding carboxylic acids is 1. The first-order valence-electron chi connectivity index (χ1n) is 10.7. The van der Waals surface area contributed by atoms with Gasteiger partial charge in [-0.2, -0.15) is 0 Å². The fraction of sp³-hybridized carbons (Fsp3) is 0.522. The minimum Gasteiger partial charge on any atom is -0.497 e. The molecule has 2 unspecified atom stereocenters. The Kier molecular flexibility index (Phi) is 6.27. The average molecular weight is 395 g/mol. The molecule has 29 heavy (non-hydrogen) atoms. The van der Waals surface area contributed by atoms with E-state index < -0.39 is 0 Å². The van der Waals surface area contributed by atoms with Gasteiger partial charge in [-0.15, -0.1) is 0 Å². The van der Waals surface area contributed by atoms with Crippen molar-refractivity contribution in [3.63, 3.8) is 0 Å². The van der Waals surface area contributed by atoms with Crippen molar-refractivity contribution in [2.45, 2.75) is 44.6 Å². The highest BCUT2D eigenvalue weighted by Gasteiger charge is 2.34. The van der Waals surface area contributed by atoms with Crippen LogP contribution in [-0.4, -0.2) is 47.5 Å². The molecule has 2 aliphatic rings. The van der Waals surface area contributed by atoms with Crippen LogP contribution in [0.1, 0.15) is 50.1 Å². The van der Waals surface area contributed by atoms with E-state index in [0.29, 0.717) is 6.54 Å². The van der Waals surface area contributed by atoms with Crippen molar-refractivity contribution in [2.24, 2.45) is 5.92 Å². The first-order chi connectivity index (χ1) is 14.3. The van der Waals surface area contributed by atoms with Gasteiger partial charge in [-0.1, -0.05) is 25.0 Å². The lowest BCUT2D eigenvalue weighted by atomic mass is 9.94. The van der Waals surface area contributed by atoms with Crippen LogP contribution in [0.25, 0.3) is 0 Å². The minimum atomic E-state index is 0.00593. The molecule has 0 bridgehead atoms. The van der Waals surface area contributed by atoms with Crippen LogP contribution < -0.4 is 9.64 Å². The average Bonchev–Trinajstić information content (AvgIpc) is 3.05. The normalized spacial score (nSPS) is 22.8. The van der Waals surface area contributed by atoms with E-state index in [1.54, 1.807) is 19.5 Å². The van der Waals surface area contributed by atoms with E-state index in [2.05, 4.69) is 31.9 Å². The largest absolute Gasteiger partial charge is 0.497 e. The molecule has 0 N–H and O–H groups in total. The third-order valence-corrected chi connectivity index (χ3v) is 6.14. The number of rotatable bonds is 4. The summed E-state index contributed by atoms with van der Waals surface area (Å²) in [5.74, 6) is 1.87. The van der Waals surface area contributed by atoms with Crippen LogP contribution >= 0.6 is 0 Å². The molecule has 1 aromatic heterocycles. The highest BCUT2D eigenvalue weighted by atomic mass is 16.5. The number of nitrogens with zero attached hydrogens (tertiary/aromatic N) is 4. The van der Waals surface area contributed by atoms with Gasteiger partial charge < -0.3 is 14.5 Å². The summed E-state index contributed by atoms with van der Waals surface area (Å²) in [6, 6.07) is 10.2. The van der Waals surface area contributed by atoms with Crippen molar-refractivity contribution < 1.29 is 9.53 Å². The molecule has 0 aliphatic carbocycles. The molecule has 1 amide bonds. The second kappa shape index (κ2) is 9.25. The van der Waals surface area contributed by atoms with Crippen LogP contribution in [0, 0.1) is 5.92 Å². The molecular weight excluding hydrogens is 364 g/mol. The number of carbonyl (C=O) groups is 1. The number of amides is 1. The summed E-state index contributed by atoms with van der Waals surface area (Å²) in [4.78, 5) is 26.7. The number of hydrogen-bond donors (Lipinski definition) is 0. The monoisotopic (exact) mass is 394 g/mol. The molecule has 3 heterocycles. The zero-order valence-corrected chi connectivity index (χ0v) is 17.2. The van der Waals surface area contributed by atoms with Crippen molar-refractivity contribution in [2.75, 3.05) is 31.6 Å². The first-order valence-corrected chi connectivity index (χ1v) is 10.7. The number of hydrogen-bond acceptors (Lipinski definition) is 5. The highest BCUT2D eigenvalue weighted by Crippen LogP contribution is 2.33. The molecule has 2 saturated heterocycles. The van der Waals surface area contributed by atoms with Gasteiger partial charge in [0.2, 0.25) is 11.9 Å². The second-order valence-electron chi connectivity index (χ2n) is 8.00. The molecule has 2 fully saturated rings. The summed E-state index contributed by atoms with van der Waals surface area (Å²) in [7, 11) is 1.68. The van der Waals surface area contributed by atoms with Crippen LogP contribution in [0.2, 0.25) is 0 Å². The zero-order chi connectivity index (χ0) is 20.1. The Bertz CT molecular complexity index is 796. The van der Waals surface area contributed by atoms with E-state index >= 15 is 0 Å². The van der Waals surface area contributed by atoms with Crippen LogP contribution in [0.15, 0.2) is 42.7 Å². The summed E-state index contributed by atoms with van der Waals surface area (Å²) < 4.78 is 5.31. The molecule has 2 aliphatic heterocycles. The van der Waals surface area contributed by atoms with E-state index in [-0.39, 0.29) is 17.9 Å². The molecular formula is C23H30N4O2. The van der Waals surface area contributed by atoms with Crippen LogP contribution in [0.5, 0.6) is 5.75 Å². The van der Waals surface area contributed by atoms with Gasteiger partial charge in [-0.05, 0) is 49.4 Å². The van der Waals surface area contributed by atoms with Crippen LogP contribution in [-0.2, 0) is 4.79 Å². The Labute approximate surface area is 172 Å². The minimum absolute atomic E-state index is 0.00593. The Morgan fingerprint density at radius 2 is 1.79 bits per heavy atom. The number of aromatic nitrogens is 2. The maximum atomic E-state index is 13.6. The molecule has 0 saturated carbocycles. The SMILES string of the molecule is COc1ccc(C2CCCCCN2C(=O)C2CCCN(c3ncccn3)C2)cc1. The third kappa shape index (κ3) is 4.52. The van der Waals surface area contributed by atoms with Crippen molar-refractivity contribution in [3.05, 3.63) is 48.3 Å². The fourth-order valence-corrected chi connectivity index (χ4v) is 4.59. The number of benzene rings is 1. The molecule has 0 radical (unpaired) electrons. The highest BCUT2D eigenvalue weighted by molar-refractivity contribution is 5.80. The lowest BCUT2D eigenvalue weighted by Crippen LogP contribution is -2.46. The Hall–Kier alpha value is -2.63. The summed E-state index contributed by atoms with van der Waals surface area (Å²) >= 11 is 0. The van der Waals surface area contributed by atoms with E-state index in [4.69, 9.17) is 4.74 Å². The van der Waals surface area contributed by atoms with E-state index in [9.17, 15) is 4.79 Å². The molecule has 2 aromatic rings. The summed E-state index contributed by atoms with van der Waals surface area (Å²) in [6.07, 6.45) is 9.92. The maximum Gasteiger partial charge on any atom is 0.227 e. The standard InChI is InChI=1S/C23H30N4O2/c1-29-20-11-9-18(10-12-20)21-8-3-2-4-16-27(21)22(28)19-7-5-15-26(17-19)23-24-13-6-14-25-23/h6,9-14,19,21H,2-5,7-8,15-17H2,1H3.